The molecule has 1 aromatic heterocycles. The monoisotopic (exact) mass is 327 g/mol. The molecule has 2 aliphatic rings. The highest BCUT2D eigenvalue weighted by Gasteiger charge is 2.43. The highest BCUT2D eigenvalue weighted by Crippen LogP contribution is 2.36. The Kier molecular flexibility index (Phi) is 4.65. The second kappa shape index (κ2) is 6.52. The molecule has 0 unspecified atom stereocenters. The Balaban J connectivity index is 1.58. The molecule has 2 aliphatic heterocycles. The van der Waals surface area contributed by atoms with Gasteiger partial charge in [0.05, 0.1) is 6.10 Å². The zero-order chi connectivity index (χ0) is 15.6. The summed E-state index contributed by atoms with van der Waals surface area (Å²) in [6.07, 6.45) is 3.24. The molecule has 0 bridgehead atoms. The number of piperidine rings is 2. The van der Waals surface area contributed by atoms with Crippen molar-refractivity contribution < 1.29 is 9.90 Å². The van der Waals surface area contributed by atoms with Crippen LogP contribution in [-0.2, 0) is 11.2 Å². The van der Waals surface area contributed by atoms with Crippen LogP contribution in [0.4, 0.5) is 0 Å². The molecular weight excluding hydrogens is 306 g/mol. The average Bonchev–Trinajstić information content (AvgIpc) is 2.94. The van der Waals surface area contributed by atoms with E-state index in [1.807, 2.05) is 4.90 Å². The summed E-state index contributed by atoms with van der Waals surface area (Å²) in [7, 11) is 0. The number of nitrogens with zero attached hydrogens (tertiary/aromatic N) is 3. The molecule has 1 aromatic rings. The molecule has 3 heterocycles. The molecule has 1 spiro atoms. The number of aromatic nitrogens is 3. The van der Waals surface area contributed by atoms with Crippen LogP contribution in [0, 0.1) is 5.41 Å². The molecule has 2 atom stereocenters. The van der Waals surface area contributed by atoms with Crippen molar-refractivity contribution in [1.82, 2.24) is 25.4 Å². The molecule has 1 amide bonds. The summed E-state index contributed by atoms with van der Waals surface area (Å²) in [5.74, 6) is 0.730. The second-order valence-corrected chi connectivity index (χ2v) is 6.65. The van der Waals surface area contributed by atoms with Crippen molar-refractivity contribution in [3.05, 3.63) is 11.1 Å². The number of aryl methyl sites for hydroxylation is 1. The van der Waals surface area contributed by atoms with Crippen LogP contribution in [0.15, 0.2) is 0 Å². The molecule has 122 valence electrons. The van der Waals surface area contributed by atoms with Crippen molar-refractivity contribution in [2.75, 3.05) is 26.2 Å². The minimum absolute atomic E-state index is 0.101. The molecular formula is C14H22ClN5O2. The van der Waals surface area contributed by atoms with E-state index in [1.165, 1.54) is 0 Å². The number of carbonyl (C=O) groups excluding carboxylic acids is 1. The number of rotatable bonds is 3. The number of likely N-dealkylation sites (tertiary alicyclic amines) is 1. The van der Waals surface area contributed by atoms with Crippen LogP contribution in [-0.4, -0.2) is 63.4 Å². The van der Waals surface area contributed by atoms with Crippen LogP contribution >= 0.6 is 11.6 Å². The molecule has 8 heteroatoms. The van der Waals surface area contributed by atoms with E-state index in [0.717, 1.165) is 38.9 Å². The number of H-pyrrole nitrogens is 1. The van der Waals surface area contributed by atoms with Crippen molar-refractivity contribution in [2.45, 2.75) is 38.2 Å². The number of hydrogen-bond acceptors (Lipinski definition) is 5. The summed E-state index contributed by atoms with van der Waals surface area (Å²) in [5, 5.41) is 20.4. The van der Waals surface area contributed by atoms with Gasteiger partial charge in [-0.05, 0) is 37.4 Å². The molecule has 0 aromatic carbocycles. The van der Waals surface area contributed by atoms with Crippen LogP contribution in [0.3, 0.4) is 0 Å². The molecule has 7 nitrogen and oxygen atoms in total. The fourth-order valence-electron chi connectivity index (χ4n) is 3.56. The average molecular weight is 328 g/mol. The first kappa shape index (κ1) is 15.7. The van der Waals surface area contributed by atoms with E-state index in [-0.39, 0.29) is 22.7 Å². The van der Waals surface area contributed by atoms with Gasteiger partial charge in [-0.2, -0.15) is 0 Å². The quantitative estimate of drug-likeness (QED) is 0.745. The lowest BCUT2D eigenvalue weighted by atomic mass is 9.72. The number of amides is 1. The standard InChI is InChI=1S/C14H22ClN5O2/c15-13-17-11(18-19-13)2-3-12(22)20-7-1-5-14(9-20)8-16-6-4-10(14)21/h10,16,21H,1-9H2,(H,17,18,19)/t10-,14-/m0/s1. The van der Waals surface area contributed by atoms with Gasteiger partial charge in [-0.25, -0.2) is 4.98 Å². The third-order valence-electron chi connectivity index (χ3n) is 4.82. The molecule has 0 saturated carbocycles. The minimum Gasteiger partial charge on any atom is -0.392 e. The maximum absolute atomic E-state index is 12.4. The van der Waals surface area contributed by atoms with Crippen LogP contribution in [0.5, 0.6) is 0 Å². The van der Waals surface area contributed by atoms with Crippen molar-refractivity contribution in [3.8, 4) is 0 Å². The predicted molar refractivity (Wildman–Crippen MR) is 81.5 cm³/mol. The Labute approximate surface area is 134 Å². The molecule has 0 radical (unpaired) electrons. The summed E-state index contributed by atoms with van der Waals surface area (Å²) in [4.78, 5) is 18.3. The summed E-state index contributed by atoms with van der Waals surface area (Å²) < 4.78 is 0. The van der Waals surface area contributed by atoms with Gasteiger partial charge in [0.1, 0.15) is 5.82 Å². The Bertz CT molecular complexity index is 533. The minimum atomic E-state index is -0.322. The van der Waals surface area contributed by atoms with Gasteiger partial charge in [0.2, 0.25) is 11.2 Å². The highest BCUT2D eigenvalue weighted by molar-refractivity contribution is 6.28. The first-order chi connectivity index (χ1) is 10.6. The Hall–Kier alpha value is -1.18. The largest absolute Gasteiger partial charge is 0.392 e. The van der Waals surface area contributed by atoms with Gasteiger partial charge in [0.15, 0.2) is 0 Å². The zero-order valence-electron chi connectivity index (χ0n) is 12.5. The Morgan fingerprint density at radius 3 is 3.14 bits per heavy atom. The van der Waals surface area contributed by atoms with Crippen molar-refractivity contribution in [1.29, 1.82) is 0 Å². The first-order valence-corrected chi connectivity index (χ1v) is 8.20. The van der Waals surface area contributed by atoms with Crippen molar-refractivity contribution in [3.63, 3.8) is 0 Å². The van der Waals surface area contributed by atoms with E-state index in [4.69, 9.17) is 11.6 Å². The van der Waals surface area contributed by atoms with Crippen LogP contribution in [0.1, 0.15) is 31.5 Å². The number of aliphatic hydroxyl groups is 1. The summed E-state index contributed by atoms with van der Waals surface area (Å²) >= 11 is 5.65. The van der Waals surface area contributed by atoms with Crippen molar-refractivity contribution in [2.24, 2.45) is 5.41 Å². The van der Waals surface area contributed by atoms with Gasteiger partial charge in [-0.3, -0.25) is 9.89 Å². The number of carbonyl (C=O) groups is 1. The van der Waals surface area contributed by atoms with Crippen LogP contribution in [0.25, 0.3) is 0 Å². The molecule has 2 fully saturated rings. The molecule has 22 heavy (non-hydrogen) atoms. The fourth-order valence-corrected chi connectivity index (χ4v) is 3.70. The summed E-state index contributed by atoms with van der Waals surface area (Å²) in [5.41, 5.74) is -0.179. The summed E-state index contributed by atoms with van der Waals surface area (Å²) in [6.45, 7) is 3.04. The third-order valence-corrected chi connectivity index (χ3v) is 4.99. The molecule has 2 saturated heterocycles. The maximum Gasteiger partial charge on any atom is 0.242 e. The van der Waals surface area contributed by atoms with Gasteiger partial charge >= 0.3 is 0 Å². The number of hydrogen-bond donors (Lipinski definition) is 3. The molecule has 0 aliphatic carbocycles. The lowest BCUT2D eigenvalue weighted by Gasteiger charge is -2.48. The predicted octanol–water partition coefficient (Wildman–Crippen LogP) is 0.354. The number of nitrogens with one attached hydrogen (secondary N) is 2. The van der Waals surface area contributed by atoms with Crippen molar-refractivity contribution >= 4 is 17.5 Å². The van der Waals surface area contributed by atoms with Crippen LogP contribution < -0.4 is 5.32 Å². The van der Waals surface area contributed by atoms with E-state index in [2.05, 4.69) is 20.5 Å². The third kappa shape index (κ3) is 3.26. The molecule has 3 rings (SSSR count). The zero-order valence-corrected chi connectivity index (χ0v) is 13.3. The van der Waals surface area contributed by atoms with Gasteiger partial charge < -0.3 is 15.3 Å². The van der Waals surface area contributed by atoms with E-state index < -0.39 is 0 Å². The topological polar surface area (TPSA) is 94.1 Å². The fraction of sp³-hybridized carbons (Fsp3) is 0.786. The lowest BCUT2D eigenvalue weighted by Crippen LogP contribution is -2.58. The Morgan fingerprint density at radius 2 is 2.41 bits per heavy atom. The smallest absolute Gasteiger partial charge is 0.242 e. The normalized spacial score (nSPS) is 29.0. The number of aliphatic hydroxyl groups excluding tert-OH is 1. The number of halogens is 1. The van der Waals surface area contributed by atoms with E-state index in [0.29, 0.717) is 25.2 Å². The maximum atomic E-state index is 12.4. The van der Waals surface area contributed by atoms with Gasteiger partial charge in [-0.15, -0.1) is 5.10 Å². The first-order valence-electron chi connectivity index (χ1n) is 7.82. The SMILES string of the molecule is O=C(CCc1nc(Cl)n[nH]1)N1CCC[C@]2(CNCC[C@@H]2O)C1. The van der Waals surface area contributed by atoms with Gasteiger partial charge in [-0.1, -0.05) is 0 Å². The van der Waals surface area contributed by atoms with E-state index in [9.17, 15) is 9.90 Å². The van der Waals surface area contributed by atoms with Gasteiger partial charge in [0.25, 0.3) is 0 Å². The summed E-state index contributed by atoms with van der Waals surface area (Å²) in [6, 6.07) is 0. The number of aromatic amines is 1. The van der Waals surface area contributed by atoms with E-state index >= 15 is 0 Å². The van der Waals surface area contributed by atoms with Gasteiger partial charge in [0, 0.05) is 37.9 Å². The Morgan fingerprint density at radius 1 is 1.55 bits per heavy atom. The molecule has 3 N–H and O–H groups in total. The highest BCUT2D eigenvalue weighted by atomic mass is 35.5. The lowest BCUT2D eigenvalue weighted by molar-refractivity contribution is -0.138. The van der Waals surface area contributed by atoms with E-state index in [1.54, 1.807) is 0 Å². The van der Waals surface area contributed by atoms with Crippen LogP contribution in [0.2, 0.25) is 5.28 Å². The second-order valence-electron chi connectivity index (χ2n) is 6.31.